The number of alkyl halides is 1. The Morgan fingerprint density at radius 2 is 2.47 bits per heavy atom. The smallest absolute Gasteiger partial charge is 0.220 e. The third-order valence-electron chi connectivity index (χ3n) is 2.66. The topological polar surface area (TPSA) is 59.8 Å². The molecule has 1 aromatic heterocycles. The van der Waals surface area contributed by atoms with Gasteiger partial charge in [0.15, 0.2) is 0 Å². The summed E-state index contributed by atoms with van der Waals surface area (Å²) < 4.78 is 1.98. The maximum absolute atomic E-state index is 11.2. The van der Waals surface area contributed by atoms with Crippen molar-refractivity contribution in [2.24, 2.45) is 0 Å². The van der Waals surface area contributed by atoms with Crippen LogP contribution in [0, 0.1) is 0 Å². The van der Waals surface area contributed by atoms with Gasteiger partial charge in [-0.1, -0.05) is 0 Å². The van der Waals surface area contributed by atoms with Crippen LogP contribution in [0.3, 0.4) is 0 Å². The molecule has 1 amide bonds. The fraction of sp³-hybridized carbons (Fsp3) is 0.667. The maximum atomic E-state index is 11.2. The van der Waals surface area contributed by atoms with Gasteiger partial charge in [0, 0.05) is 19.0 Å². The molecule has 0 aliphatic carbocycles. The molecular weight excluding hydrogens is 216 g/mol. The third-order valence-corrected chi connectivity index (χ3v) is 2.90. The Bertz CT molecular complexity index is 352. The fourth-order valence-corrected chi connectivity index (χ4v) is 2.05. The summed E-state index contributed by atoms with van der Waals surface area (Å²) in [5.74, 6) is 1.26. The quantitative estimate of drug-likeness (QED) is 0.764. The molecule has 0 saturated carbocycles. The summed E-state index contributed by atoms with van der Waals surface area (Å²) in [6, 6.07) is 0.285. The Labute approximate surface area is 92.8 Å². The lowest BCUT2D eigenvalue weighted by atomic mass is 10.1. The van der Waals surface area contributed by atoms with Gasteiger partial charge < -0.3 is 9.88 Å². The standard InChI is InChI=1S/C9H13ClN4O/c10-5-8-13-12-6-14(8)7-1-2-9(15)11-4-3-7/h6-7H,1-5H2,(H,11,15). The molecule has 82 valence electrons. The minimum absolute atomic E-state index is 0.123. The molecule has 1 atom stereocenters. The number of carbonyl (C=O) groups excluding carboxylic acids is 1. The molecule has 0 radical (unpaired) electrons. The normalized spacial score (nSPS) is 22.2. The van der Waals surface area contributed by atoms with E-state index in [1.165, 1.54) is 0 Å². The highest BCUT2D eigenvalue weighted by Gasteiger charge is 2.19. The van der Waals surface area contributed by atoms with E-state index in [9.17, 15) is 4.79 Å². The number of rotatable bonds is 2. The number of hydrogen-bond acceptors (Lipinski definition) is 3. The zero-order chi connectivity index (χ0) is 10.7. The minimum atomic E-state index is 0.123. The molecule has 1 fully saturated rings. The van der Waals surface area contributed by atoms with Crippen molar-refractivity contribution in [2.45, 2.75) is 31.2 Å². The van der Waals surface area contributed by atoms with Crippen LogP contribution in [0.5, 0.6) is 0 Å². The molecule has 2 heterocycles. The van der Waals surface area contributed by atoms with E-state index in [0.717, 1.165) is 18.7 Å². The molecule has 1 N–H and O–H groups in total. The predicted molar refractivity (Wildman–Crippen MR) is 55.5 cm³/mol. The number of hydrogen-bond donors (Lipinski definition) is 1. The Balaban J connectivity index is 2.12. The van der Waals surface area contributed by atoms with Gasteiger partial charge in [-0.3, -0.25) is 4.79 Å². The lowest BCUT2D eigenvalue weighted by molar-refractivity contribution is -0.120. The number of nitrogens with one attached hydrogen (secondary N) is 1. The van der Waals surface area contributed by atoms with Gasteiger partial charge in [-0.05, 0) is 12.8 Å². The first kappa shape index (κ1) is 10.4. The summed E-state index contributed by atoms with van der Waals surface area (Å²) >= 11 is 5.76. The van der Waals surface area contributed by atoms with E-state index in [1.54, 1.807) is 6.33 Å². The van der Waals surface area contributed by atoms with Crippen molar-refractivity contribution in [3.05, 3.63) is 12.2 Å². The Kier molecular flexibility index (Phi) is 3.20. The van der Waals surface area contributed by atoms with Crippen LogP contribution in [0.15, 0.2) is 6.33 Å². The summed E-state index contributed by atoms with van der Waals surface area (Å²) in [7, 11) is 0. The fourth-order valence-electron chi connectivity index (χ4n) is 1.85. The maximum Gasteiger partial charge on any atom is 0.220 e. The number of carbonyl (C=O) groups is 1. The van der Waals surface area contributed by atoms with Crippen LogP contribution in [-0.4, -0.2) is 27.2 Å². The first-order chi connectivity index (χ1) is 7.31. The first-order valence-corrected chi connectivity index (χ1v) is 5.55. The monoisotopic (exact) mass is 228 g/mol. The number of halogens is 1. The number of amides is 1. The van der Waals surface area contributed by atoms with E-state index in [4.69, 9.17) is 11.6 Å². The predicted octanol–water partition coefficient (Wildman–Crippen LogP) is 0.858. The number of nitrogens with zero attached hydrogens (tertiary/aromatic N) is 3. The molecule has 1 aliphatic heterocycles. The Morgan fingerprint density at radius 3 is 3.27 bits per heavy atom. The molecule has 2 rings (SSSR count). The van der Waals surface area contributed by atoms with E-state index in [-0.39, 0.29) is 11.9 Å². The van der Waals surface area contributed by atoms with Gasteiger partial charge in [0.2, 0.25) is 5.91 Å². The van der Waals surface area contributed by atoms with Gasteiger partial charge in [0.05, 0.1) is 5.88 Å². The largest absolute Gasteiger partial charge is 0.356 e. The van der Waals surface area contributed by atoms with Crippen molar-refractivity contribution >= 4 is 17.5 Å². The Hall–Kier alpha value is -1.10. The molecule has 1 saturated heterocycles. The van der Waals surface area contributed by atoms with Crippen LogP contribution >= 0.6 is 11.6 Å². The average Bonchev–Trinajstić information content (AvgIpc) is 2.61. The van der Waals surface area contributed by atoms with Gasteiger partial charge in [0.25, 0.3) is 0 Å². The SMILES string of the molecule is O=C1CCC(n2cnnc2CCl)CCN1. The van der Waals surface area contributed by atoms with E-state index in [2.05, 4.69) is 15.5 Å². The molecular formula is C9H13ClN4O. The molecule has 0 bridgehead atoms. The molecule has 5 nitrogen and oxygen atoms in total. The van der Waals surface area contributed by atoms with Gasteiger partial charge in [-0.2, -0.15) is 0 Å². The highest BCUT2D eigenvalue weighted by atomic mass is 35.5. The van der Waals surface area contributed by atoms with Crippen molar-refractivity contribution in [1.29, 1.82) is 0 Å². The van der Waals surface area contributed by atoms with Crippen molar-refractivity contribution < 1.29 is 4.79 Å². The summed E-state index contributed by atoms with van der Waals surface area (Å²) in [4.78, 5) is 11.2. The molecule has 1 aromatic rings. The Morgan fingerprint density at radius 1 is 1.60 bits per heavy atom. The summed E-state index contributed by atoms with van der Waals surface area (Å²) in [5, 5.41) is 10.6. The van der Waals surface area contributed by atoms with Gasteiger partial charge >= 0.3 is 0 Å². The lowest BCUT2D eigenvalue weighted by Gasteiger charge is -2.15. The second-order valence-corrected chi connectivity index (χ2v) is 3.89. The molecule has 0 spiro atoms. The zero-order valence-electron chi connectivity index (χ0n) is 8.32. The van der Waals surface area contributed by atoms with Crippen LogP contribution in [0.1, 0.15) is 31.1 Å². The second kappa shape index (κ2) is 4.61. The summed E-state index contributed by atoms with van der Waals surface area (Å²) in [6.07, 6.45) is 3.99. The molecule has 0 aromatic carbocycles. The molecule has 1 unspecified atom stereocenters. The van der Waals surface area contributed by atoms with Crippen molar-refractivity contribution in [3.8, 4) is 0 Å². The van der Waals surface area contributed by atoms with E-state index < -0.39 is 0 Å². The average molecular weight is 229 g/mol. The van der Waals surface area contributed by atoms with Crippen LogP contribution in [0.25, 0.3) is 0 Å². The van der Waals surface area contributed by atoms with Crippen LogP contribution in [0.4, 0.5) is 0 Å². The minimum Gasteiger partial charge on any atom is -0.356 e. The molecule has 15 heavy (non-hydrogen) atoms. The van der Waals surface area contributed by atoms with E-state index in [1.807, 2.05) is 4.57 Å². The summed E-state index contributed by atoms with van der Waals surface area (Å²) in [6.45, 7) is 0.712. The van der Waals surface area contributed by atoms with E-state index in [0.29, 0.717) is 18.8 Å². The van der Waals surface area contributed by atoms with Gasteiger partial charge in [0.1, 0.15) is 12.2 Å². The van der Waals surface area contributed by atoms with Crippen LogP contribution < -0.4 is 5.32 Å². The van der Waals surface area contributed by atoms with Crippen molar-refractivity contribution in [1.82, 2.24) is 20.1 Å². The zero-order valence-corrected chi connectivity index (χ0v) is 9.07. The highest BCUT2D eigenvalue weighted by molar-refractivity contribution is 6.16. The highest BCUT2D eigenvalue weighted by Crippen LogP contribution is 2.21. The van der Waals surface area contributed by atoms with E-state index >= 15 is 0 Å². The van der Waals surface area contributed by atoms with Crippen LogP contribution in [0.2, 0.25) is 0 Å². The van der Waals surface area contributed by atoms with Gasteiger partial charge in [-0.15, -0.1) is 21.8 Å². The van der Waals surface area contributed by atoms with Crippen molar-refractivity contribution in [3.63, 3.8) is 0 Å². The van der Waals surface area contributed by atoms with Crippen molar-refractivity contribution in [2.75, 3.05) is 6.54 Å². The third kappa shape index (κ3) is 2.28. The number of aromatic nitrogens is 3. The van der Waals surface area contributed by atoms with Gasteiger partial charge in [-0.25, -0.2) is 0 Å². The molecule has 1 aliphatic rings. The van der Waals surface area contributed by atoms with Crippen LogP contribution in [-0.2, 0) is 10.7 Å². The summed E-state index contributed by atoms with van der Waals surface area (Å²) in [5.41, 5.74) is 0. The first-order valence-electron chi connectivity index (χ1n) is 5.02. The molecule has 6 heteroatoms. The lowest BCUT2D eigenvalue weighted by Crippen LogP contribution is -2.21. The second-order valence-electron chi connectivity index (χ2n) is 3.62.